The van der Waals surface area contributed by atoms with Crippen LogP contribution < -0.4 is 11.1 Å². The molecule has 0 spiro atoms. The number of para-hydroxylation sites is 2. The molecule has 104 valence electrons. The Hall–Kier alpha value is -1.59. The number of nitrogens with two attached hydrogens (primary N) is 1. The Labute approximate surface area is 113 Å². The molecular weight excluding hydrogens is 242 g/mol. The van der Waals surface area contributed by atoms with Crippen LogP contribution >= 0.6 is 0 Å². The Morgan fingerprint density at radius 3 is 2.95 bits per heavy atom. The highest BCUT2D eigenvalue weighted by Gasteiger charge is 2.31. The monoisotopic (exact) mass is 263 g/mol. The number of nitrogens with one attached hydrogen (secondary N) is 1. The highest BCUT2D eigenvalue weighted by molar-refractivity contribution is 5.95. The van der Waals surface area contributed by atoms with Gasteiger partial charge in [0.25, 0.3) is 0 Å². The third-order valence-corrected chi connectivity index (χ3v) is 3.77. The summed E-state index contributed by atoms with van der Waals surface area (Å²) in [5.41, 5.74) is 6.98. The first kappa shape index (κ1) is 13.8. The first-order valence-corrected chi connectivity index (χ1v) is 6.61. The van der Waals surface area contributed by atoms with E-state index in [4.69, 9.17) is 5.73 Å². The molecule has 5 nitrogen and oxygen atoms in total. The third kappa shape index (κ3) is 3.24. The van der Waals surface area contributed by atoms with Crippen LogP contribution in [0.5, 0.6) is 0 Å². The predicted molar refractivity (Wildman–Crippen MR) is 75.7 cm³/mol. The van der Waals surface area contributed by atoms with Crippen molar-refractivity contribution in [1.82, 2.24) is 4.90 Å². The van der Waals surface area contributed by atoms with E-state index in [0.29, 0.717) is 23.8 Å². The average molecular weight is 263 g/mol. The number of anilines is 2. The zero-order valence-corrected chi connectivity index (χ0v) is 11.2. The molecule has 1 amide bonds. The second-order valence-corrected chi connectivity index (χ2v) is 5.12. The SMILES string of the molecule is CC1CCN(CC(=O)Nc2ccccc2N)C1CO. The van der Waals surface area contributed by atoms with Crippen molar-refractivity contribution in [1.29, 1.82) is 0 Å². The predicted octanol–water partition coefficient (Wildman–Crippen LogP) is 0.910. The number of hydrogen-bond acceptors (Lipinski definition) is 4. The number of aliphatic hydroxyl groups is 1. The smallest absolute Gasteiger partial charge is 0.238 e. The Bertz CT molecular complexity index is 450. The molecule has 1 aromatic rings. The zero-order chi connectivity index (χ0) is 13.8. The number of nitrogens with zero attached hydrogens (tertiary/aromatic N) is 1. The Morgan fingerprint density at radius 1 is 1.53 bits per heavy atom. The van der Waals surface area contributed by atoms with Crippen molar-refractivity contribution in [3.05, 3.63) is 24.3 Å². The molecule has 0 aromatic heterocycles. The number of hydrogen-bond donors (Lipinski definition) is 3. The minimum Gasteiger partial charge on any atom is -0.397 e. The van der Waals surface area contributed by atoms with Crippen molar-refractivity contribution in [3.8, 4) is 0 Å². The number of likely N-dealkylation sites (tertiary alicyclic amines) is 1. The standard InChI is InChI=1S/C14H21N3O2/c1-10-6-7-17(13(10)9-18)8-14(19)16-12-5-3-2-4-11(12)15/h2-5,10,13,18H,6-9,15H2,1H3,(H,16,19). The van der Waals surface area contributed by atoms with Crippen molar-refractivity contribution >= 4 is 17.3 Å². The summed E-state index contributed by atoms with van der Waals surface area (Å²) in [4.78, 5) is 14.0. The van der Waals surface area contributed by atoms with Gasteiger partial charge in [0.2, 0.25) is 5.91 Å². The van der Waals surface area contributed by atoms with E-state index >= 15 is 0 Å². The maximum Gasteiger partial charge on any atom is 0.238 e. The van der Waals surface area contributed by atoms with E-state index < -0.39 is 0 Å². The number of amides is 1. The Balaban J connectivity index is 1.93. The van der Waals surface area contributed by atoms with E-state index in [9.17, 15) is 9.90 Å². The van der Waals surface area contributed by atoms with Crippen molar-refractivity contribution in [3.63, 3.8) is 0 Å². The lowest BCUT2D eigenvalue weighted by molar-refractivity contribution is -0.117. The second kappa shape index (κ2) is 6.04. The van der Waals surface area contributed by atoms with Crippen molar-refractivity contribution < 1.29 is 9.90 Å². The number of carbonyl (C=O) groups is 1. The van der Waals surface area contributed by atoms with Gasteiger partial charge in [-0.2, -0.15) is 0 Å². The van der Waals surface area contributed by atoms with Crippen LogP contribution in [0.1, 0.15) is 13.3 Å². The summed E-state index contributed by atoms with van der Waals surface area (Å²) in [6.07, 6.45) is 1.02. The summed E-state index contributed by atoms with van der Waals surface area (Å²) in [7, 11) is 0. The molecular formula is C14H21N3O2. The Morgan fingerprint density at radius 2 is 2.26 bits per heavy atom. The van der Waals surface area contributed by atoms with Crippen LogP contribution in [0.15, 0.2) is 24.3 Å². The van der Waals surface area contributed by atoms with Gasteiger partial charge in [0.15, 0.2) is 0 Å². The molecule has 19 heavy (non-hydrogen) atoms. The first-order chi connectivity index (χ1) is 9.11. The fraction of sp³-hybridized carbons (Fsp3) is 0.500. The number of aliphatic hydroxyl groups excluding tert-OH is 1. The molecule has 1 aromatic carbocycles. The summed E-state index contributed by atoms with van der Waals surface area (Å²) in [6.45, 7) is 3.35. The highest BCUT2D eigenvalue weighted by atomic mass is 16.3. The summed E-state index contributed by atoms with van der Waals surface area (Å²) in [5, 5.41) is 12.2. The van der Waals surface area contributed by atoms with Gasteiger partial charge in [0, 0.05) is 6.04 Å². The van der Waals surface area contributed by atoms with E-state index in [1.165, 1.54) is 0 Å². The van der Waals surface area contributed by atoms with Crippen LogP contribution in [-0.2, 0) is 4.79 Å². The van der Waals surface area contributed by atoms with E-state index in [0.717, 1.165) is 13.0 Å². The largest absolute Gasteiger partial charge is 0.397 e. The van der Waals surface area contributed by atoms with Crippen LogP contribution in [0, 0.1) is 5.92 Å². The number of nitrogen functional groups attached to an aromatic ring is 1. The molecule has 0 radical (unpaired) electrons. The molecule has 2 atom stereocenters. The topological polar surface area (TPSA) is 78.6 Å². The van der Waals surface area contributed by atoms with Gasteiger partial charge in [-0.1, -0.05) is 19.1 Å². The fourth-order valence-electron chi connectivity index (χ4n) is 2.56. The molecule has 5 heteroatoms. The number of benzene rings is 1. The normalized spacial score (nSPS) is 23.5. The van der Waals surface area contributed by atoms with Gasteiger partial charge in [-0.15, -0.1) is 0 Å². The van der Waals surface area contributed by atoms with Crippen molar-refractivity contribution in [2.45, 2.75) is 19.4 Å². The molecule has 2 unspecified atom stereocenters. The molecule has 1 heterocycles. The van der Waals surface area contributed by atoms with Crippen molar-refractivity contribution in [2.75, 3.05) is 30.7 Å². The van der Waals surface area contributed by atoms with Gasteiger partial charge in [-0.25, -0.2) is 0 Å². The van der Waals surface area contributed by atoms with E-state index in [2.05, 4.69) is 12.2 Å². The summed E-state index contributed by atoms with van der Waals surface area (Å²) < 4.78 is 0. The van der Waals surface area contributed by atoms with Crippen LogP contribution in [0.3, 0.4) is 0 Å². The van der Waals surface area contributed by atoms with Crippen molar-refractivity contribution in [2.24, 2.45) is 5.92 Å². The van der Waals surface area contributed by atoms with E-state index in [1.54, 1.807) is 12.1 Å². The zero-order valence-electron chi connectivity index (χ0n) is 11.2. The minimum absolute atomic E-state index is 0.0823. The highest BCUT2D eigenvalue weighted by Crippen LogP contribution is 2.23. The summed E-state index contributed by atoms with van der Waals surface area (Å²) in [5.74, 6) is 0.338. The molecule has 1 aliphatic rings. The fourth-order valence-corrected chi connectivity index (χ4v) is 2.56. The van der Waals surface area contributed by atoms with Gasteiger partial charge >= 0.3 is 0 Å². The second-order valence-electron chi connectivity index (χ2n) is 5.12. The maximum absolute atomic E-state index is 12.0. The van der Waals surface area contributed by atoms with E-state index in [-0.39, 0.29) is 18.6 Å². The molecule has 1 saturated heterocycles. The number of carbonyl (C=O) groups excluding carboxylic acids is 1. The molecule has 1 fully saturated rings. The summed E-state index contributed by atoms with van der Waals surface area (Å²) in [6, 6.07) is 7.28. The molecule has 4 N–H and O–H groups in total. The first-order valence-electron chi connectivity index (χ1n) is 6.61. The quantitative estimate of drug-likeness (QED) is 0.706. The van der Waals surface area contributed by atoms with E-state index in [1.807, 2.05) is 17.0 Å². The lowest BCUT2D eigenvalue weighted by Gasteiger charge is -2.24. The van der Waals surface area contributed by atoms with Gasteiger partial charge in [-0.05, 0) is 31.0 Å². The number of rotatable bonds is 4. The van der Waals surface area contributed by atoms with Crippen LogP contribution in [0.25, 0.3) is 0 Å². The third-order valence-electron chi connectivity index (χ3n) is 3.77. The van der Waals surface area contributed by atoms with Gasteiger partial charge in [0.1, 0.15) is 0 Å². The molecule has 1 aliphatic heterocycles. The Kier molecular flexibility index (Phi) is 4.39. The minimum atomic E-state index is -0.0922. The molecule has 0 bridgehead atoms. The lowest BCUT2D eigenvalue weighted by Crippen LogP contribution is -2.40. The van der Waals surface area contributed by atoms with Crippen LogP contribution in [-0.4, -0.2) is 41.7 Å². The lowest BCUT2D eigenvalue weighted by atomic mass is 10.0. The molecule has 0 saturated carbocycles. The van der Waals surface area contributed by atoms with Gasteiger partial charge in [0.05, 0.1) is 24.5 Å². The van der Waals surface area contributed by atoms with Gasteiger partial charge < -0.3 is 16.2 Å². The van der Waals surface area contributed by atoms with Crippen LogP contribution in [0.2, 0.25) is 0 Å². The van der Waals surface area contributed by atoms with Gasteiger partial charge in [-0.3, -0.25) is 9.69 Å². The maximum atomic E-state index is 12.0. The van der Waals surface area contributed by atoms with Crippen LogP contribution in [0.4, 0.5) is 11.4 Å². The molecule has 0 aliphatic carbocycles. The molecule has 2 rings (SSSR count). The summed E-state index contributed by atoms with van der Waals surface area (Å²) >= 11 is 0. The average Bonchev–Trinajstić information content (AvgIpc) is 2.72.